The van der Waals surface area contributed by atoms with Crippen molar-refractivity contribution in [2.24, 2.45) is 0 Å². The van der Waals surface area contributed by atoms with Gasteiger partial charge in [-0.2, -0.15) is 15.2 Å². The molecule has 4 N–H and O–H groups in total. The van der Waals surface area contributed by atoms with E-state index in [-0.39, 0.29) is 11.8 Å². The van der Waals surface area contributed by atoms with Crippen molar-refractivity contribution in [2.75, 3.05) is 11.5 Å². The van der Waals surface area contributed by atoms with Crippen LogP contribution in [0.1, 0.15) is 30.9 Å². The molecule has 0 amide bonds. The van der Waals surface area contributed by atoms with Gasteiger partial charge in [-0.05, 0) is 18.4 Å². The molecule has 6 heteroatoms. The lowest BCUT2D eigenvalue weighted by Crippen LogP contribution is -2.05. The van der Waals surface area contributed by atoms with Gasteiger partial charge >= 0.3 is 0 Å². The van der Waals surface area contributed by atoms with Gasteiger partial charge in [0.1, 0.15) is 11.9 Å². The first-order valence-corrected chi connectivity index (χ1v) is 5.78. The van der Waals surface area contributed by atoms with E-state index in [1.165, 1.54) is 6.20 Å². The zero-order valence-corrected chi connectivity index (χ0v) is 10.1. The molecule has 0 atom stereocenters. The molecule has 2 aromatic heterocycles. The summed E-state index contributed by atoms with van der Waals surface area (Å²) in [7, 11) is 0. The van der Waals surface area contributed by atoms with Crippen LogP contribution in [0.3, 0.4) is 0 Å². The summed E-state index contributed by atoms with van der Waals surface area (Å²) in [5.41, 5.74) is 13.2. The Hall–Kier alpha value is -2.42. The minimum absolute atomic E-state index is 0.0960. The Balaban J connectivity index is 2.73. The van der Waals surface area contributed by atoms with E-state index in [1.54, 1.807) is 0 Å². The first kappa shape index (κ1) is 12.0. The summed E-state index contributed by atoms with van der Waals surface area (Å²) in [5.74, 6) is 0.381. The topological polar surface area (TPSA) is 114 Å². The van der Waals surface area contributed by atoms with Gasteiger partial charge in [0.25, 0.3) is 0 Å². The highest BCUT2D eigenvalue weighted by Gasteiger charge is 2.13. The number of nitrogens with zero attached hydrogens (tertiary/aromatic N) is 4. The van der Waals surface area contributed by atoms with E-state index in [0.29, 0.717) is 16.6 Å². The van der Waals surface area contributed by atoms with Crippen LogP contribution in [0.2, 0.25) is 0 Å². The Labute approximate surface area is 105 Å². The molecule has 0 radical (unpaired) electrons. The molecule has 2 aromatic rings. The number of hydrogen-bond donors (Lipinski definition) is 2. The van der Waals surface area contributed by atoms with Gasteiger partial charge in [-0.3, -0.25) is 0 Å². The Kier molecular flexibility index (Phi) is 3.24. The van der Waals surface area contributed by atoms with E-state index in [4.69, 9.17) is 16.7 Å². The van der Waals surface area contributed by atoms with Crippen molar-refractivity contribution >= 4 is 22.8 Å². The largest absolute Gasteiger partial charge is 0.383 e. The standard InChI is InChI=1S/C12H14N6/c1-2-3-4-8-7(5-13)6-16-11-9(8)10(14)17-12(15)18-11/h6H,2-4H2,1H3,(H4,14,15,16,17,18). The molecule has 0 unspecified atom stereocenters. The Morgan fingerprint density at radius 3 is 2.78 bits per heavy atom. The van der Waals surface area contributed by atoms with Gasteiger partial charge in [0.05, 0.1) is 10.9 Å². The molecule has 0 aromatic carbocycles. The molecule has 92 valence electrons. The van der Waals surface area contributed by atoms with Crippen LogP contribution in [0.15, 0.2) is 6.20 Å². The zero-order valence-electron chi connectivity index (χ0n) is 10.1. The van der Waals surface area contributed by atoms with Gasteiger partial charge in [-0.15, -0.1) is 0 Å². The fraction of sp³-hybridized carbons (Fsp3) is 0.333. The van der Waals surface area contributed by atoms with Gasteiger partial charge in [-0.1, -0.05) is 13.3 Å². The third kappa shape index (κ3) is 2.02. The molecule has 0 spiro atoms. The molecule has 6 nitrogen and oxygen atoms in total. The number of fused-ring (bicyclic) bond motifs is 1. The minimum atomic E-state index is 0.0960. The van der Waals surface area contributed by atoms with Gasteiger partial charge in [-0.25, -0.2) is 4.98 Å². The molecule has 2 rings (SSSR count). The van der Waals surface area contributed by atoms with Crippen LogP contribution in [0.25, 0.3) is 11.0 Å². The Morgan fingerprint density at radius 2 is 2.11 bits per heavy atom. The quantitative estimate of drug-likeness (QED) is 0.840. The van der Waals surface area contributed by atoms with Crippen molar-refractivity contribution in [3.8, 4) is 6.07 Å². The third-order valence-corrected chi connectivity index (χ3v) is 2.78. The Bertz CT molecular complexity index is 628. The molecule has 0 aliphatic heterocycles. The van der Waals surface area contributed by atoms with E-state index in [1.807, 2.05) is 0 Å². The highest BCUT2D eigenvalue weighted by Crippen LogP contribution is 2.25. The van der Waals surface area contributed by atoms with Crippen LogP contribution in [0.5, 0.6) is 0 Å². The lowest BCUT2D eigenvalue weighted by atomic mass is 10.0. The second-order valence-corrected chi connectivity index (χ2v) is 4.03. The van der Waals surface area contributed by atoms with Crippen LogP contribution in [0, 0.1) is 11.3 Å². The summed E-state index contributed by atoms with van der Waals surface area (Å²) in [6.45, 7) is 2.09. The number of hydrogen-bond acceptors (Lipinski definition) is 6. The van der Waals surface area contributed by atoms with Gasteiger partial charge < -0.3 is 11.5 Å². The van der Waals surface area contributed by atoms with Crippen molar-refractivity contribution in [1.82, 2.24) is 15.0 Å². The highest BCUT2D eigenvalue weighted by atomic mass is 15.1. The second-order valence-electron chi connectivity index (χ2n) is 4.03. The number of aryl methyl sites for hydroxylation is 1. The lowest BCUT2D eigenvalue weighted by Gasteiger charge is -2.09. The summed E-state index contributed by atoms with van der Waals surface area (Å²) in [5, 5.41) is 9.78. The monoisotopic (exact) mass is 242 g/mol. The van der Waals surface area contributed by atoms with E-state index >= 15 is 0 Å². The SMILES string of the molecule is CCCCc1c(C#N)cnc2nc(N)nc(N)c12. The van der Waals surface area contributed by atoms with Crippen LogP contribution >= 0.6 is 0 Å². The molecule has 0 saturated carbocycles. The number of rotatable bonds is 3. The van der Waals surface area contributed by atoms with E-state index in [9.17, 15) is 0 Å². The lowest BCUT2D eigenvalue weighted by molar-refractivity contribution is 0.796. The fourth-order valence-corrected chi connectivity index (χ4v) is 1.91. The van der Waals surface area contributed by atoms with Crippen LogP contribution in [-0.4, -0.2) is 15.0 Å². The van der Waals surface area contributed by atoms with Crippen molar-refractivity contribution in [3.05, 3.63) is 17.3 Å². The fourth-order valence-electron chi connectivity index (χ4n) is 1.91. The molecule has 0 aliphatic carbocycles. The number of unbranched alkanes of at least 4 members (excludes halogenated alkanes) is 1. The first-order valence-electron chi connectivity index (χ1n) is 5.78. The molecule has 0 saturated heterocycles. The van der Waals surface area contributed by atoms with E-state index in [0.717, 1.165) is 24.8 Å². The summed E-state index contributed by atoms with van der Waals surface area (Å²) in [6, 6.07) is 2.13. The van der Waals surface area contributed by atoms with Crippen molar-refractivity contribution < 1.29 is 0 Å². The number of nitrogens with two attached hydrogens (primary N) is 2. The first-order chi connectivity index (χ1) is 8.67. The predicted octanol–water partition coefficient (Wildman–Crippen LogP) is 1.40. The summed E-state index contributed by atoms with van der Waals surface area (Å²) >= 11 is 0. The summed E-state index contributed by atoms with van der Waals surface area (Å²) < 4.78 is 0. The molecular weight excluding hydrogens is 228 g/mol. The number of aromatic nitrogens is 3. The summed E-state index contributed by atoms with van der Waals surface area (Å²) in [6.07, 6.45) is 4.27. The number of anilines is 2. The van der Waals surface area contributed by atoms with Crippen LogP contribution < -0.4 is 11.5 Å². The van der Waals surface area contributed by atoms with Gasteiger partial charge in [0.15, 0.2) is 5.65 Å². The summed E-state index contributed by atoms with van der Waals surface area (Å²) in [4.78, 5) is 12.1. The van der Waals surface area contributed by atoms with Crippen LogP contribution in [-0.2, 0) is 6.42 Å². The van der Waals surface area contributed by atoms with E-state index in [2.05, 4.69) is 27.9 Å². The Morgan fingerprint density at radius 1 is 1.33 bits per heavy atom. The van der Waals surface area contributed by atoms with Crippen molar-refractivity contribution in [3.63, 3.8) is 0 Å². The molecule has 0 fully saturated rings. The van der Waals surface area contributed by atoms with Crippen molar-refractivity contribution in [1.29, 1.82) is 5.26 Å². The highest BCUT2D eigenvalue weighted by molar-refractivity contribution is 5.90. The smallest absolute Gasteiger partial charge is 0.224 e. The molecule has 18 heavy (non-hydrogen) atoms. The number of nitriles is 1. The van der Waals surface area contributed by atoms with Crippen LogP contribution in [0.4, 0.5) is 11.8 Å². The van der Waals surface area contributed by atoms with E-state index < -0.39 is 0 Å². The zero-order chi connectivity index (χ0) is 13.1. The third-order valence-electron chi connectivity index (χ3n) is 2.78. The van der Waals surface area contributed by atoms with Crippen molar-refractivity contribution in [2.45, 2.75) is 26.2 Å². The maximum Gasteiger partial charge on any atom is 0.224 e. The van der Waals surface area contributed by atoms with Gasteiger partial charge in [0.2, 0.25) is 5.95 Å². The minimum Gasteiger partial charge on any atom is -0.383 e. The average molecular weight is 242 g/mol. The number of nitrogen functional groups attached to an aromatic ring is 2. The normalized spacial score (nSPS) is 10.4. The number of pyridine rings is 1. The molecule has 0 bridgehead atoms. The molecule has 2 heterocycles. The van der Waals surface area contributed by atoms with Gasteiger partial charge in [0, 0.05) is 6.20 Å². The maximum atomic E-state index is 9.13. The second kappa shape index (κ2) is 4.84. The maximum absolute atomic E-state index is 9.13. The average Bonchev–Trinajstić information content (AvgIpc) is 2.35. The molecular formula is C12H14N6. The molecule has 0 aliphatic rings. The predicted molar refractivity (Wildman–Crippen MR) is 69.5 cm³/mol.